The number of hydrogen-bond acceptors (Lipinski definition) is 6. The maximum Gasteiger partial charge on any atom is 0.410 e. The molecule has 7 heteroatoms. The van der Waals surface area contributed by atoms with Gasteiger partial charge < -0.3 is 25.0 Å². The average molecular weight is 500 g/mol. The van der Waals surface area contributed by atoms with E-state index in [2.05, 4.69) is 13.8 Å². The number of allylic oxidation sites excluding steroid dienone is 1. The number of nitrogens with zero attached hydrogens (tertiary/aromatic N) is 1. The summed E-state index contributed by atoms with van der Waals surface area (Å²) in [5, 5.41) is 34.4. The summed E-state index contributed by atoms with van der Waals surface area (Å²) < 4.78 is 6.08. The molecule has 7 aliphatic rings. The van der Waals surface area contributed by atoms with Crippen molar-refractivity contribution in [1.29, 1.82) is 0 Å². The Hall–Kier alpha value is -1.70. The van der Waals surface area contributed by atoms with E-state index in [1.165, 1.54) is 0 Å². The van der Waals surface area contributed by atoms with Crippen molar-refractivity contribution in [3.8, 4) is 0 Å². The average Bonchev–Trinajstić information content (AvgIpc) is 3.47. The number of aliphatic hydroxyl groups excluding tert-OH is 2. The highest BCUT2D eigenvalue weighted by molar-refractivity contribution is 5.95. The summed E-state index contributed by atoms with van der Waals surface area (Å²) in [4.78, 5) is 29.7. The van der Waals surface area contributed by atoms with Crippen molar-refractivity contribution in [3.63, 3.8) is 0 Å². The monoisotopic (exact) mass is 499 g/mol. The van der Waals surface area contributed by atoms with Crippen molar-refractivity contribution >= 4 is 11.9 Å². The van der Waals surface area contributed by atoms with Gasteiger partial charge in [-0.05, 0) is 85.2 Å². The molecule has 0 aromatic heterocycles. The van der Waals surface area contributed by atoms with Crippen molar-refractivity contribution in [2.75, 3.05) is 19.7 Å². The van der Waals surface area contributed by atoms with Crippen LogP contribution in [0.15, 0.2) is 23.3 Å². The Bertz CT molecular complexity index is 1030. The fourth-order valence-electron chi connectivity index (χ4n) is 9.21. The molecule has 1 spiro atoms. The van der Waals surface area contributed by atoms with Crippen molar-refractivity contribution in [2.45, 2.75) is 77.6 Å². The summed E-state index contributed by atoms with van der Waals surface area (Å²) in [6, 6.07) is 0. The van der Waals surface area contributed by atoms with Gasteiger partial charge in [0.25, 0.3) is 0 Å². The minimum absolute atomic E-state index is 0.0178. The zero-order valence-electron chi connectivity index (χ0n) is 21.9. The molecule has 0 aromatic rings. The number of ketones is 1. The summed E-state index contributed by atoms with van der Waals surface area (Å²) in [6.07, 6.45) is 5.58. The van der Waals surface area contributed by atoms with Crippen molar-refractivity contribution < 1.29 is 29.6 Å². The molecule has 5 aliphatic carbocycles. The van der Waals surface area contributed by atoms with E-state index in [0.717, 1.165) is 32.1 Å². The third-order valence-electron chi connectivity index (χ3n) is 11.3. The maximum atomic E-state index is 14.4. The molecule has 5 fully saturated rings. The van der Waals surface area contributed by atoms with Gasteiger partial charge in [0.05, 0.1) is 12.0 Å². The van der Waals surface area contributed by atoms with Gasteiger partial charge in [-0.1, -0.05) is 32.9 Å². The molecule has 3 saturated carbocycles. The van der Waals surface area contributed by atoms with E-state index in [1.54, 1.807) is 24.0 Å². The lowest BCUT2D eigenvalue weighted by molar-refractivity contribution is -0.191. The fraction of sp³-hybridized carbons (Fsp3) is 0.793. The van der Waals surface area contributed by atoms with Crippen LogP contribution in [0.1, 0.15) is 59.8 Å². The van der Waals surface area contributed by atoms with Crippen LogP contribution >= 0.6 is 0 Å². The molecule has 2 unspecified atom stereocenters. The lowest BCUT2D eigenvalue weighted by Gasteiger charge is -2.49. The Balaban J connectivity index is 1.40. The second-order valence-electron chi connectivity index (χ2n) is 13.4. The normalized spacial score (nSPS) is 48.6. The first-order valence-electron chi connectivity index (χ1n) is 13.9. The Kier molecular flexibility index (Phi) is 5.41. The molecule has 2 aliphatic heterocycles. The van der Waals surface area contributed by atoms with Gasteiger partial charge in [0.15, 0.2) is 17.5 Å². The van der Waals surface area contributed by atoms with Crippen LogP contribution in [0.25, 0.3) is 0 Å². The van der Waals surface area contributed by atoms with E-state index in [1.807, 2.05) is 6.92 Å². The molecule has 7 rings (SSSR count). The number of hydrogen-bond donors (Lipinski definition) is 3. The summed E-state index contributed by atoms with van der Waals surface area (Å²) in [5.74, 6) is 0.479. The summed E-state index contributed by atoms with van der Waals surface area (Å²) in [6.45, 7) is 8.94. The number of rotatable bonds is 2. The van der Waals surface area contributed by atoms with E-state index in [4.69, 9.17) is 4.74 Å². The molecule has 2 heterocycles. The first-order valence-corrected chi connectivity index (χ1v) is 13.9. The fourth-order valence-corrected chi connectivity index (χ4v) is 9.21. The molecule has 8 atom stereocenters. The van der Waals surface area contributed by atoms with Crippen LogP contribution in [0, 0.1) is 46.3 Å². The number of aliphatic hydroxyl groups is 3. The number of carbonyl (C=O) groups is 2. The zero-order valence-corrected chi connectivity index (χ0v) is 21.9. The molecule has 36 heavy (non-hydrogen) atoms. The first kappa shape index (κ1) is 24.6. The third-order valence-corrected chi connectivity index (χ3v) is 11.3. The Morgan fingerprint density at radius 1 is 1.17 bits per heavy atom. The van der Waals surface area contributed by atoms with E-state index >= 15 is 0 Å². The minimum atomic E-state index is -2.07. The quantitative estimate of drug-likeness (QED) is 0.504. The van der Waals surface area contributed by atoms with E-state index in [-0.39, 0.29) is 28.6 Å². The second kappa shape index (κ2) is 7.90. The SMILES string of the molecule is CC1=CC23C(=O)[C@@H](C=C(CO)[C@@H](O)[C@]2(O)[C@H]1OC(=O)N1CC2CCC(CC2)C1)[C@@H]1[C@@H](CC3C)C1(C)C. The van der Waals surface area contributed by atoms with E-state index < -0.39 is 41.8 Å². The molecule has 1 amide bonds. The highest BCUT2D eigenvalue weighted by Gasteiger charge is 2.76. The van der Waals surface area contributed by atoms with Gasteiger partial charge in [0.2, 0.25) is 0 Å². The van der Waals surface area contributed by atoms with Crippen LogP contribution < -0.4 is 0 Å². The van der Waals surface area contributed by atoms with Gasteiger partial charge in [-0.3, -0.25) is 4.79 Å². The van der Waals surface area contributed by atoms with Gasteiger partial charge in [-0.15, -0.1) is 0 Å². The lowest BCUT2D eigenvalue weighted by Crippen LogP contribution is -2.66. The van der Waals surface area contributed by atoms with E-state index in [9.17, 15) is 24.9 Å². The first-order chi connectivity index (χ1) is 17.0. The number of carbonyl (C=O) groups excluding carboxylic acids is 2. The summed E-state index contributed by atoms with van der Waals surface area (Å²) in [7, 11) is 0. The number of fused-ring (bicyclic) bond motifs is 7. The molecule has 4 bridgehead atoms. The standard InChI is InChI=1S/C29H41NO6/c1-15-11-28-16(2)9-21-22(27(21,3)4)20(24(28)33)10-19(14-31)23(32)29(28,35)25(15)36-26(34)30-12-17-5-6-18(13-30)8-7-17/h10-11,16-18,20-23,25,31-32,35H,5-9,12-14H2,1-4H3/t16?,17?,18?,20-,21+,22+,23+,25-,28?,29-/m0/s1. The number of Topliss-reactive ketones (excluding diaryl/α,β-unsaturated/α-hetero) is 1. The van der Waals surface area contributed by atoms with Gasteiger partial charge >= 0.3 is 6.09 Å². The molecule has 0 aromatic carbocycles. The Morgan fingerprint density at radius 3 is 2.36 bits per heavy atom. The predicted molar refractivity (Wildman–Crippen MR) is 133 cm³/mol. The zero-order chi connectivity index (χ0) is 25.8. The topological polar surface area (TPSA) is 107 Å². The van der Waals surface area contributed by atoms with Crippen LogP contribution in [0.4, 0.5) is 4.79 Å². The van der Waals surface area contributed by atoms with Crippen LogP contribution in [0.2, 0.25) is 0 Å². The van der Waals surface area contributed by atoms with Crippen molar-refractivity contribution in [3.05, 3.63) is 23.3 Å². The number of ether oxygens (including phenoxy) is 1. The minimum Gasteiger partial charge on any atom is -0.438 e. The summed E-state index contributed by atoms with van der Waals surface area (Å²) in [5.41, 5.74) is -2.64. The molecule has 7 nitrogen and oxygen atoms in total. The highest BCUT2D eigenvalue weighted by atomic mass is 16.6. The predicted octanol–water partition coefficient (Wildman–Crippen LogP) is 3.08. The smallest absolute Gasteiger partial charge is 0.410 e. The van der Waals surface area contributed by atoms with Gasteiger partial charge in [0, 0.05) is 19.0 Å². The Labute approximate surface area is 213 Å². The van der Waals surface area contributed by atoms with Gasteiger partial charge in [-0.2, -0.15) is 0 Å². The molecule has 0 radical (unpaired) electrons. The maximum absolute atomic E-state index is 14.4. The number of amides is 1. The van der Waals surface area contributed by atoms with Crippen molar-refractivity contribution in [2.24, 2.45) is 46.3 Å². The Morgan fingerprint density at radius 2 is 1.78 bits per heavy atom. The highest BCUT2D eigenvalue weighted by Crippen LogP contribution is 2.71. The van der Waals surface area contributed by atoms with Crippen LogP contribution in [-0.4, -0.2) is 69.6 Å². The van der Waals surface area contributed by atoms with Gasteiger partial charge in [0.1, 0.15) is 6.10 Å². The second-order valence-corrected chi connectivity index (χ2v) is 13.4. The van der Waals surface area contributed by atoms with Crippen LogP contribution in [-0.2, 0) is 9.53 Å². The lowest BCUT2D eigenvalue weighted by atomic mass is 9.59. The molecular formula is C29H41NO6. The van der Waals surface area contributed by atoms with Gasteiger partial charge in [-0.25, -0.2) is 4.79 Å². The third kappa shape index (κ3) is 3.02. The molecule has 2 saturated heterocycles. The molecule has 3 N–H and O–H groups in total. The van der Waals surface area contributed by atoms with Crippen LogP contribution in [0.3, 0.4) is 0 Å². The largest absolute Gasteiger partial charge is 0.438 e. The van der Waals surface area contributed by atoms with Crippen molar-refractivity contribution in [1.82, 2.24) is 4.90 Å². The molecule has 198 valence electrons. The van der Waals surface area contributed by atoms with Crippen LogP contribution in [0.5, 0.6) is 0 Å². The molecular weight excluding hydrogens is 458 g/mol. The summed E-state index contributed by atoms with van der Waals surface area (Å²) >= 11 is 0. The van der Waals surface area contributed by atoms with E-state index in [0.29, 0.717) is 36.4 Å².